The molecule has 180 valence electrons. The smallest absolute Gasteiger partial charge is 0.0389 e. The van der Waals surface area contributed by atoms with Crippen molar-refractivity contribution < 1.29 is 0 Å². The van der Waals surface area contributed by atoms with Crippen LogP contribution in [0.3, 0.4) is 0 Å². The van der Waals surface area contributed by atoms with E-state index in [0.29, 0.717) is 0 Å². The van der Waals surface area contributed by atoms with Crippen LogP contribution in [0.25, 0.3) is 5.57 Å². The Hall–Kier alpha value is -2.42. The van der Waals surface area contributed by atoms with Crippen LogP contribution in [0.4, 0.5) is 0 Å². The Morgan fingerprint density at radius 1 is 1.03 bits per heavy atom. The second-order valence-electron chi connectivity index (χ2n) is 9.29. The summed E-state index contributed by atoms with van der Waals surface area (Å²) in [6.07, 6.45) is 16.8. The Balaban J connectivity index is 2.70. The molecule has 0 fully saturated rings. The maximum atomic E-state index is 6.48. The number of allylic oxidation sites excluding steroid dienone is 6. The third-order valence-electron chi connectivity index (χ3n) is 6.49. The summed E-state index contributed by atoms with van der Waals surface area (Å²) < 4.78 is 0. The van der Waals surface area contributed by atoms with Crippen LogP contribution < -0.4 is 5.73 Å². The third-order valence-corrected chi connectivity index (χ3v) is 6.49. The van der Waals surface area contributed by atoms with E-state index in [1.807, 2.05) is 26.4 Å². The van der Waals surface area contributed by atoms with Crippen molar-refractivity contribution in [3.05, 3.63) is 62.9 Å². The molecule has 33 heavy (non-hydrogen) atoms. The molecule has 1 aliphatic rings. The normalized spacial score (nSPS) is 16.2. The third kappa shape index (κ3) is 7.28. The molecule has 3 heteroatoms. The molecule has 3 nitrogen and oxygen atoms in total. The topological polar surface area (TPSA) is 50.7 Å². The first-order chi connectivity index (χ1) is 16.0. The van der Waals surface area contributed by atoms with Crippen molar-refractivity contribution >= 4 is 18.0 Å². The fourth-order valence-corrected chi connectivity index (χ4v) is 4.68. The van der Waals surface area contributed by atoms with Crippen molar-refractivity contribution in [3.8, 4) is 0 Å². The van der Waals surface area contributed by atoms with Crippen molar-refractivity contribution in [2.45, 2.75) is 92.4 Å². The molecule has 0 spiro atoms. The first-order valence-electron chi connectivity index (χ1n) is 12.9. The number of hydrogen-bond acceptors (Lipinski definition) is 3. The van der Waals surface area contributed by atoms with Gasteiger partial charge in [0, 0.05) is 42.9 Å². The number of hydrogen-bond donors (Lipinski definition) is 1. The van der Waals surface area contributed by atoms with Crippen LogP contribution in [0.5, 0.6) is 0 Å². The Morgan fingerprint density at radius 2 is 1.76 bits per heavy atom. The molecule has 1 aromatic carbocycles. The fraction of sp³-hybridized carbons (Fsp3) is 0.533. The molecule has 0 saturated carbocycles. The van der Waals surface area contributed by atoms with Gasteiger partial charge in [-0.3, -0.25) is 9.98 Å². The van der Waals surface area contributed by atoms with Gasteiger partial charge in [0.15, 0.2) is 0 Å². The van der Waals surface area contributed by atoms with Crippen molar-refractivity contribution in [2.24, 2.45) is 15.7 Å². The standard InChI is InChI=1S/C30H45N3/c1-7-9-13-19-33-21-29(24(5)31)26(14-10-8-2)25-15-11-12-16-27(25)30-23(4)18-17-22(3)28(30)20-32-6/h14,17-18,20-21H,7-13,15-16,19,31H2,1-6H3/b26-14-,29-24+,32-20?,33-21?. The van der Waals surface area contributed by atoms with E-state index < -0.39 is 0 Å². The monoisotopic (exact) mass is 447 g/mol. The summed E-state index contributed by atoms with van der Waals surface area (Å²) >= 11 is 0. The van der Waals surface area contributed by atoms with Gasteiger partial charge in [0.1, 0.15) is 0 Å². The molecule has 0 bridgehead atoms. The van der Waals surface area contributed by atoms with Gasteiger partial charge >= 0.3 is 0 Å². The molecule has 2 N–H and O–H groups in total. The molecule has 0 heterocycles. The Morgan fingerprint density at radius 3 is 2.42 bits per heavy atom. The van der Waals surface area contributed by atoms with Crippen molar-refractivity contribution in [1.82, 2.24) is 0 Å². The average Bonchev–Trinajstić information content (AvgIpc) is 2.80. The van der Waals surface area contributed by atoms with E-state index in [-0.39, 0.29) is 0 Å². The van der Waals surface area contributed by atoms with E-state index in [1.54, 1.807) is 0 Å². The number of unbranched alkanes of at least 4 members (excludes halogenated alkanes) is 3. The van der Waals surface area contributed by atoms with E-state index in [1.165, 1.54) is 64.7 Å². The molecule has 1 aromatic rings. The van der Waals surface area contributed by atoms with Crippen molar-refractivity contribution in [3.63, 3.8) is 0 Å². The minimum absolute atomic E-state index is 0.852. The van der Waals surface area contributed by atoms with Crippen LogP contribution in [-0.2, 0) is 0 Å². The zero-order valence-electron chi connectivity index (χ0n) is 21.9. The lowest BCUT2D eigenvalue weighted by Gasteiger charge is -2.27. The molecule has 0 aliphatic heterocycles. The Bertz CT molecular complexity index is 938. The molecule has 0 unspecified atom stereocenters. The molecule has 0 aromatic heterocycles. The summed E-state index contributed by atoms with van der Waals surface area (Å²) in [5.41, 5.74) is 17.9. The highest BCUT2D eigenvalue weighted by Gasteiger charge is 2.23. The summed E-state index contributed by atoms with van der Waals surface area (Å²) in [6, 6.07) is 4.47. The highest BCUT2D eigenvalue weighted by atomic mass is 14.7. The molecule has 0 radical (unpaired) electrons. The number of aryl methyl sites for hydroxylation is 2. The molecule has 0 saturated heterocycles. The molecule has 1 aliphatic carbocycles. The van der Waals surface area contributed by atoms with Crippen molar-refractivity contribution in [2.75, 3.05) is 13.6 Å². The van der Waals surface area contributed by atoms with Crippen LogP contribution in [0, 0.1) is 13.8 Å². The van der Waals surface area contributed by atoms with Crippen LogP contribution in [0.1, 0.15) is 101 Å². The predicted molar refractivity (Wildman–Crippen MR) is 148 cm³/mol. The summed E-state index contributed by atoms with van der Waals surface area (Å²) in [4.78, 5) is 9.18. The summed E-state index contributed by atoms with van der Waals surface area (Å²) in [5, 5.41) is 0. The van der Waals surface area contributed by atoms with E-state index in [0.717, 1.165) is 49.9 Å². The van der Waals surface area contributed by atoms with Gasteiger partial charge in [0.2, 0.25) is 0 Å². The largest absolute Gasteiger partial charge is 0.402 e. The second-order valence-corrected chi connectivity index (χ2v) is 9.29. The van der Waals surface area contributed by atoms with Crippen LogP contribution >= 0.6 is 0 Å². The minimum atomic E-state index is 0.852. The van der Waals surface area contributed by atoms with E-state index >= 15 is 0 Å². The molecular formula is C30H45N3. The number of benzene rings is 1. The van der Waals surface area contributed by atoms with E-state index in [4.69, 9.17) is 10.7 Å². The number of nitrogens with two attached hydrogens (primary N) is 1. The van der Waals surface area contributed by atoms with Gasteiger partial charge in [0.05, 0.1) is 0 Å². The maximum absolute atomic E-state index is 6.48. The highest BCUT2D eigenvalue weighted by Crippen LogP contribution is 2.41. The summed E-state index contributed by atoms with van der Waals surface area (Å²) in [6.45, 7) is 11.8. The van der Waals surface area contributed by atoms with Crippen LogP contribution in [0.15, 0.2) is 50.6 Å². The molecular weight excluding hydrogens is 402 g/mol. The van der Waals surface area contributed by atoms with Crippen molar-refractivity contribution in [1.29, 1.82) is 0 Å². The van der Waals surface area contributed by atoms with E-state index in [2.05, 4.69) is 50.9 Å². The van der Waals surface area contributed by atoms with Crippen LogP contribution in [-0.4, -0.2) is 26.0 Å². The van der Waals surface area contributed by atoms with Gasteiger partial charge in [0.25, 0.3) is 0 Å². The second kappa shape index (κ2) is 14.0. The SMILES string of the molecule is CCC/C=C(C1=C(c2c(C)ccc(C)c2C=NC)CCCC1)\C(C=NCCCCC)=C(/C)N. The molecule has 0 atom stereocenters. The molecule has 0 amide bonds. The minimum Gasteiger partial charge on any atom is -0.402 e. The van der Waals surface area contributed by atoms with E-state index in [9.17, 15) is 0 Å². The quantitative estimate of drug-likeness (QED) is 0.209. The fourth-order valence-electron chi connectivity index (χ4n) is 4.68. The number of nitrogens with zero attached hydrogens (tertiary/aromatic N) is 2. The molecule has 2 rings (SSSR count). The van der Waals surface area contributed by atoms with Gasteiger partial charge in [-0.15, -0.1) is 0 Å². The first-order valence-corrected chi connectivity index (χ1v) is 12.9. The number of rotatable bonds is 11. The van der Waals surface area contributed by atoms with Gasteiger partial charge in [-0.2, -0.15) is 0 Å². The van der Waals surface area contributed by atoms with Gasteiger partial charge < -0.3 is 5.73 Å². The Kier molecular flexibility index (Phi) is 11.4. The highest BCUT2D eigenvalue weighted by molar-refractivity contribution is 5.95. The Labute approximate surface area is 202 Å². The van der Waals surface area contributed by atoms with Gasteiger partial charge in [-0.05, 0) is 92.7 Å². The zero-order valence-corrected chi connectivity index (χ0v) is 21.9. The lowest BCUT2D eigenvalue weighted by atomic mass is 9.78. The summed E-state index contributed by atoms with van der Waals surface area (Å²) in [5.74, 6) is 0. The zero-order chi connectivity index (χ0) is 24.2. The number of aliphatic imine (C=N–C) groups is 2. The van der Waals surface area contributed by atoms with Gasteiger partial charge in [-0.25, -0.2) is 0 Å². The predicted octanol–water partition coefficient (Wildman–Crippen LogP) is 7.90. The average molecular weight is 448 g/mol. The summed E-state index contributed by atoms with van der Waals surface area (Å²) in [7, 11) is 1.86. The van der Waals surface area contributed by atoms with Gasteiger partial charge in [-0.1, -0.05) is 51.3 Å². The lowest BCUT2D eigenvalue weighted by Crippen LogP contribution is -2.11. The first kappa shape index (κ1) is 26.8. The van der Waals surface area contributed by atoms with Crippen LogP contribution in [0.2, 0.25) is 0 Å². The lowest BCUT2D eigenvalue weighted by molar-refractivity contribution is 0.718. The maximum Gasteiger partial charge on any atom is 0.0389 e.